The van der Waals surface area contributed by atoms with Gasteiger partial charge in [0.2, 0.25) is 5.91 Å². The van der Waals surface area contributed by atoms with Crippen molar-refractivity contribution in [2.45, 2.75) is 58.0 Å². The summed E-state index contributed by atoms with van der Waals surface area (Å²) in [5.74, 6) is -1.18. The van der Waals surface area contributed by atoms with E-state index in [2.05, 4.69) is 25.4 Å². The number of hydrogen-bond acceptors (Lipinski definition) is 3. The fourth-order valence-electron chi connectivity index (χ4n) is 2.59. The molecule has 2 atom stereocenters. The van der Waals surface area contributed by atoms with Crippen LogP contribution in [0.3, 0.4) is 0 Å². The highest BCUT2D eigenvalue weighted by Gasteiger charge is 2.42. The fourth-order valence-corrected chi connectivity index (χ4v) is 2.59. The molecule has 0 aromatic rings. The van der Waals surface area contributed by atoms with Gasteiger partial charge in [-0.05, 0) is 12.8 Å². The zero-order chi connectivity index (χ0) is 15.7. The maximum absolute atomic E-state index is 12.1. The number of esters is 1. The van der Waals surface area contributed by atoms with Crippen molar-refractivity contribution in [1.29, 1.82) is 0 Å². The molecule has 1 aliphatic rings. The summed E-state index contributed by atoms with van der Waals surface area (Å²) in [7, 11) is 0. The lowest BCUT2D eigenvalue weighted by Gasteiger charge is -2.17. The fraction of sp³-hybridized carbons (Fsp3) is 0.647. The van der Waals surface area contributed by atoms with Gasteiger partial charge >= 0.3 is 5.97 Å². The number of cyclic esters (lactones) is 1. The van der Waals surface area contributed by atoms with E-state index in [0.29, 0.717) is 6.54 Å². The van der Waals surface area contributed by atoms with E-state index < -0.39 is 11.9 Å². The standard InChI is InChI=1S/C17H27NO3/c1-4-6-7-8-9-10-11-14-15(13(3)17(20)21-14)16(19)18-12-5-2/h5,14-15H,2-4,6-12H2,1H3,(H,18,19)/t14-,15?/m0/s1. The molecule has 0 spiro atoms. The minimum absolute atomic E-state index is 0.193. The Morgan fingerprint density at radius 3 is 2.62 bits per heavy atom. The van der Waals surface area contributed by atoms with Crippen LogP contribution in [0.2, 0.25) is 0 Å². The normalized spacial score (nSPS) is 21.2. The van der Waals surface area contributed by atoms with Crippen molar-refractivity contribution in [3.8, 4) is 0 Å². The first-order valence-corrected chi connectivity index (χ1v) is 7.90. The lowest BCUT2D eigenvalue weighted by molar-refractivity contribution is -0.140. The molecule has 0 radical (unpaired) electrons. The van der Waals surface area contributed by atoms with Gasteiger partial charge in [0.15, 0.2) is 0 Å². The lowest BCUT2D eigenvalue weighted by Crippen LogP contribution is -2.36. The van der Waals surface area contributed by atoms with Gasteiger partial charge < -0.3 is 10.1 Å². The second-order valence-electron chi connectivity index (χ2n) is 5.54. The van der Waals surface area contributed by atoms with Crippen molar-refractivity contribution >= 4 is 11.9 Å². The molecule has 21 heavy (non-hydrogen) atoms. The Hall–Kier alpha value is -1.58. The lowest BCUT2D eigenvalue weighted by atomic mass is 9.92. The maximum Gasteiger partial charge on any atom is 0.334 e. The number of nitrogens with one attached hydrogen (secondary N) is 1. The number of rotatable bonds is 10. The van der Waals surface area contributed by atoms with E-state index in [1.807, 2.05) is 0 Å². The SMILES string of the molecule is C=CCNC(=O)C1C(=C)C(=O)O[C@H]1CCCCCCCC. The first-order chi connectivity index (χ1) is 10.1. The summed E-state index contributed by atoms with van der Waals surface area (Å²) in [4.78, 5) is 23.7. The van der Waals surface area contributed by atoms with Crippen LogP contribution in [0, 0.1) is 5.92 Å². The molecule has 1 unspecified atom stereocenters. The summed E-state index contributed by atoms with van der Waals surface area (Å²) in [6.07, 6.45) is 9.00. The number of amides is 1. The average Bonchev–Trinajstić information content (AvgIpc) is 2.75. The number of ether oxygens (including phenoxy) is 1. The molecule has 118 valence electrons. The minimum Gasteiger partial charge on any atom is -0.458 e. The summed E-state index contributed by atoms with van der Waals surface area (Å²) < 4.78 is 5.29. The predicted molar refractivity (Wildman–Crippen MR) is 83.7 cm³/mol. The molecular weight excluding hydrogens is 266 g/mol. The van der Waals surface area contributed by atoms with Crippen LogP contribution in [0.5, 0.6) is 0 Å². The van der Waals surface area contributed by atoms with Crippen LogP contribution in [-0.4, -0.2) is 24.5 Å². The first-order valence-electron chi connectivity index (χ1n) is 7.90. The second kappa shape index (κ2) is 9.37. The van der Waals surface area contributed by atoms with Crippen LogP contribution >= 0.6 is 0 Å². The third-order valence-electron chi connectivity index (χ3n) is 3.81. The Labute approximate surface area is 127 Å². The Bertz CT molecular complexity index is 389. The molecule has 0 aromatic carbocycles. The quantitative estimate of drug-likeness (QED) is 0.291. The maximum atomic E-state index is 12.1. The van der Waals surface area contributed by atoms with E-state index in [1.54, 1.807) is 6.08 Å². The summed E-state index contributed by atoms with van der Waals surface area (Å²) >= 11 is 0. The summed E-state index contributed by atoms with van der Waals surface area (Å²) in [6.45, 7) is 9.85. The summed E-state index contributed by atoms with van der Waals surface area (Å²) in [6, 6.07) is 0. The predicted octanol–water partition coefficient (Wildman–Crippen LogP) is 3.14. The van der Waals surface area contributed by atoms with Crippen LogP contribution < -0.4 is 5.32 Å². The van der Waals surface area contributed by atoms with Crippen LogP contribution in [0.4, 0.5) is 0 Å². The third kappa shape index (κ3) is 5.37. The number of hydrogen-bond donors (Lipinski definition) is 1. The van der Waals surface area contributed by atoms with Crippen LogP contribution in [0.15, 0.2) is 24.8 Å². The Balaban J connectivity index is 2.42. The van der Waals surface area contributed by atoms with Crippen molar-refractivity contribution in [2.24, 2.45) is 5.92 Å². The second-order valence-corrected chi connectivity index (χ2v) is 5.54. The Morgan fingerprint density at radius 2 is 1.95 bits per heavy atom. The van der Waals surface area contributed by atoms with Gasteiger partial charge in [0.25, 0.3) is 0 Å². The van der Waals surface area contributed by atoms with Gasteiger partial charge in [-0.25, -0.2) is 4.79 Å². The highest BCUT2D eigenvalue weighted by atomic mass is 16.6. The molecule has 0 bridgehead atoms. The average molecular weight is 293 g/mol. The molecule has 1 aliphatic heterocycles. The van der Waals surface area contributed by atoms with E-state index in [1.165, 1.54) is 25.7 Å². The molecule has 4 heteroatoms. The summed E-state index contributed by atoms with van der Waals surface area (Å²) in [5.41, 5.74) is 0.271. The Morgan fingerprint density at radius 1 is 1.29 bits per heavy atom. The third-order valence-corrected chi connectivity index (χ3v) is 3.81. The molecule has 4 nitrogen and oxygen atoms in total. The Kier molecular flexibility index (Phi) is 7.80. The molecule has 1 fully saturated rings. The van der Waals surface area contributed by atoms with E-state index in [4.69, 9.17) is 4.74 Å². The molecule has 1 heterocycles. The molecule has 0 saturated carbocycles. The molecule has 1 rings (SSSR count). The van der Waals surface area contributed by atoms with Crippen LogP contribution in [0.1, 0.15) is 51.9 Å². The van der Waals surface area contributed by atoms with E-state index in [0.717, 1.165) is 19.3 Å². The number of carbonyl (C=O) groups excluding carboxylic acids is 2. The molecule has 1 N–H and O–H groups in total. The topological polar surface area (TPSA) is 55.4 Å². The highest BCUT2D eigenvalue weighted by molar-refractivity contribution is 5.99. The molecule has 1 amide bonds. The highest BCUT2D eigenvalue weighted by Crippen LogP contribution is 2.30. The van der Waals surface area contributed by atoms with Crippen molar-refractivity contribution in [2.75, 3.05) is 6.54 Å². The largest absolute Gasteiger partial charge is 0.458 e. The summed E-state index contributed by atoms with van der Waals surface area (Å²) in [5, 5.41) is 2.72. The minimum atomic E-state index is -0.548. The smallest absolute Gasteiger partial charge is 0.334 e. The molecule has 1 saturated heterocycles. The molecule has 0 aromatic heterocycles. The number of unbranched alkanes of at least 4 members (excludes halogenated alkanes) is 5. The van der Waals surface area contributed by atoms with E-state index >= 15 is 0 Å². The van der Waals surface area contributed by atoms with Gasteiger partial charge in [0, 0.05) is 12.1 Å². The molecule has 0 aliphatic carbocycles. The van der Waals surface area contributed by atoms with Crippen molar-refractivity contribution < 1.29 is 14.3 Å². The number of carbonyl (C=O) groups is 2. The van der Waals surface area contributed by atoms with E-state index in [9.17, 15) is 9.59 Å². The van der Waals surface area contributed by atoms with E-state index in [-0.39, 0.29) is 17.6 Å². The van der Waals surface area contributed by atoms with Gasteiger partial charge in [-0.1, -0.05) is 51.7 Å². The molecular formula is C17H27NO3. The van der Waals surface area contributed by atoms with Crippen LogP contribution in [0.25, 0.3) is 0 Å². The van der Waals surface area contributed by atoms with Crippen molar-refractivity contribution in [3.63, 3.8) is 0 Å². The van der Waals surface area contributed by atoms with Gasteiger partial charge in [-0.15, -0.1) is 6.58 Å². The van der Waals surface area contributed by atoms with Crippen LogP contribution in [-0.2, 0) is 14.3 Å². The van der Waals surface area contributed by atoms with Gasteiger partial charge in [-0.3, -0.25) is 4.79 Å². The van der Waals surface area contributed by atoms with Gasteiger partial charge in [0.1, 0.15) is 12.0 Å². The first kappa shape index (κ1) is 17.5. The zero-order valence-electron chi connectivity index (χ0n) is 13.0. The van der Waals surface area contributed by atoms with Crippen molar-refractivity contribution in [1.82, 2.24) is 5.32 Å². The zero-order valence-corrected chi connectivity index (χ0v) is 13.0. The van der Waals surface area contributed by atoms with Crippen molar-refractivity contribution in [3.05, 3.63) is 24.8 Å². The van der Waals surface area contributed by atoms with Gasteiger partial charge in [0.05, 0.1) is 0 Å². The van der Waals surface area contributed by atoms with Gasteiger partial charge in [-0.2, -0.15) is 0 Å². The monoisotopic (exact) mass is 293 g/mol.